The van der Waals surface area contributed by atoms with Gasteiger partial charge in [-0.15, -0.1) is 0 Å². The van der Waals surface area contributed by atoms with Crippen LogP contribution in [0.1, 0.15) is 26.2 Å². The highest BCUT2D eigenvalue weighted by molar-refractivity contribution is 7.89. The molecule has 0 aromatic heterocycles. The topological polar surface area (TPSA) is 58.2 Å². The highest BCUT2D eigenvalue weighted by Gasteiger charge is 2.26. The Bertz CT molecular complexity index is 545. The van der Waals surface area contributed by atoms with Crippen molar-refractivity contribution in [3.05, 3.63) is 24.3 Å². The second-order valence-corrected chi connectivity index (χ2v) is 6.27. The van der Waals surface area contributed by atoms with Crippen molar-refractivity contribution in [3.8, 4) is 0 Å². The van der Waals surface area contributed by atoms with Crippen LogP contribution in [0.3, 0.4) is 0 Å². The lowest BCUT2D eigenvalue weighted by Gasteiger charge is -2.13. The third-order valence-electron chi connectivity index (χ3n) is 2.67. The number of sulfonamides is 1. The van der Waals surface area contributed by atoms with Gasteiger partial charge in [-0.3, -0.25) is 0 Å². The molecule has 0 bridgehead atoms. The minimum absolute atomic E-state index is 0.0467. The number of anilines is 1. The highest BCUT2D eigenvalue weighted by atomic mass is 32.2. The molecule has 4 nitrogen and oxygen atoms in total. The first kappa shape index (κ1) is 17.8. The van der Waals surface area contributed by atoms with Crippen LogP contribution in [-0.4, -0.2) is 27.7 Å². The third kappa shape index (κ3) is 6.34. The number of rotatable bonds is 8. The van der Waals surface area contributed by atoms with Crippen molar-refractivity contribution in [3.63, 3.8) is 0 Å². The van der Waals surface area contributed by atoms with Gasteiger partial charge in [0.15, 0.2) is 0 Å². The van der Waals surface area contributed by atoms with E-state index in [9.17, 15) is 21.6 Å². The molecule has 0 aliphatic carbocycles. The fraction of sp³-hybridized carbons (Fsp3) is 0.538. The largest absolute Gasteiger partial charge is 0.389 e. The Morgan fingerprint density at radius 2 is 1.81 bits per heavy atom. The summed E-state index contributed by atoms with van der Waals surface area (Å²) in [7, 11) is -3.65. The maximum absolute atomic E-state index is 12.1. The number of alkyl halides is 3. The molecule has 0 saturated heterocycles. The van der Waals surface area contributed by atoms with Gasteiger partial charge in [-0.25, -0.2) is 13.1 Å². The molecule has 0 spiro atoms. The van der Waals surface area contributed by atoms with E-state index in [0.717, 1.165) is 0 Å². The zero-order valence-corrected chi connectivity index (χ0v) is 12.5. The van der Waals surface area contributed by atoms with E-state index < -0.39 is 22.6 Å². The number of halogens is 3. The summed E-state index contributed by atoms with van der Waals surface area (Å²) in [6, 6.07) is 6.16. The van der Waals surface area contributed by atoms with Gasteiger partial charge in [-0.2, -0.15) is 13.2 Å². The van der Waals surface area contributed by atoms with Crippen LogP contribution in [0.15, 0.2) is 29.2 Å². The summed E-state index contributed by atoms with van der Waals surface area (Å²) >= 11 is 0. The van der Waals surface area contributed by atoms with Crippen LogP contribution in [0.4, 0.5) is 18.9 Å². The first-order chi connectivity index (χ1) is 9.76. The van der Waals surface area contributed by atoms with E-state index in [1.54, 1.807) is 12.1 Å². The van der Waals surface area contributed by atoms with Gasteiger partial charge in [0.25, 0.3) is 0 Å². The molecule has 1 rings (SSSR count). The molecule has 0 aliphatic rings. The van der Waals surface area contributed by atoms with Crippen molar-refractivity contribution in [1.82, 2.24) is 4.72 Å². The van der Waals surface area contributed by atoms with E-state index in [1.165, 1.54) is 12.1 Å². The average molecular weight is 324 g/mol. The summed E-state index contributed by atoms with van der Waals surface area (Å²) in [6.07, 6.45) is -4.56. The van der Waals surface area contributed by atoms with Crippen LogP contribution in [0, 0.1) is 0 Å². The number of nitrogens with one attached hydrogen (secondary N) is 2. The Kier molecular flexibility index (Phi) is 6.47. The zero-order valence-electron chi connectivity index (χ0n) is 11.7. The lowest BCUT2D eigenvalue weighted by atomic mass is 10.2. The van der Waals surface area contributed by atoms with Gasteiger partial charge in [0.05, 0.1) is 5.69 Å². The van der Waals surface area contributed by atoms with Gasteiger partial charge < -0.3 is 5.32 Å². The van der Waals surface area contributed by atoms with Crippen LogP contribution in [0.5, 0.6) is 0 Å². The maximum atomic E-state index is 12.1. The van der Waals surface area contributed by atoms with Gasteiger partial charge in [-0.1, -0.05) is 19.1 Å². The van der Waals surface area contributed by atoms with Crippen molar-refractivity contribution in [2.24, 2.45) is 0 Å². The van der Waals surface area contributed by atoms with E-state index in [-0.39, 0.29) is 17.9 Å². The SMILES string of the molecule is CCCNS(=O)(=O)c1ccccc1NCCCC(F)(F)F. The molecule has 1 aromatic rings. The Labute approximate surface area is 122 Å². The van der Waals surface area contributed by atoms with Gasteiger partial charge >= 0.3 is 6.18 Å². The highest BCUT2D eigenvalue weighted by Crippen LogP contribution is 2.23. The van der Waals surface area contributed by atoms with E-state index in [4.69, 9.17) is 0 Å². The van der Waals surface area contributed by atoms with Crippen molar-refractivity contribution >= 4 is 15.7 Å². The first-order valence-corrected chi connectivity index (χ1v) is 8.14. The van der Waals surface area contributed by atoms with E-state index in [1.807, 2.05) is 6.92 Å². The molecular formula is C13H19F3N2O2S. The summed E-state index contributed by atoms with van der Waals surface area (Å²) in [5.41, 5.74) is 0.309. The van der Waals surface area contributed by atoms with E-state index in [2.05, 4.69) is 10.0 Å². The van der Waals surface area contributed by atoms with Crippen LogP contribution in [0.25, 0.3) is 0 Å². The fourth-order valence-corrected chi connectivity index (χ4v) is 2.99. The maximum Gasteiger partial charge on any atom is 0.389 e. The number of para-hydroxylation sites is 1. The van der Waals surface area contributed by atoms with Crippen molar-refractivity contribution in [2.45, 2.75) is 37.3 Å². The summed E-state index contributed by atoms with van der Waals surface area (Å²) in [6.45, 7) is 2.20. The predicted molar refractivity (Wildman–Crippen MR) is 75.7 cm³/mol. The smallest absolute Gasteiger partial charge is 0.384 e. The van der Waals surface area contributed by atoms with Gasteiger partial charge in [0.2, 0.25) is 10.0 Å². The standard InChI is InChI=1S/C13H19F3N2O2S/c1-2-9-18-21(19,20)12-7-4-3-6-11(12)17-10-5-8-13(14,15)16/h3-4,6-7,17-18H,2,5,8-10H2,1H3. The molecule has 2 N–H and O–H groups in total. The van der Waals surface area contributed by atoms with E-state index >= 15 is 0 Å². The van der Waals surface area contributed by atoms with E-state index in [0.29, 0.717) is 18.7 Å². The lowest BCUT2D eigenvalue weighted by Crippen LogP contribution is -2.25. The second kappa shape index (κ2) is 7.65. The average Bonchev–Trinajstić information content (AvgIpc) is 2.41. The molecule has 0 heterocycles. The lowest BCUT2D eigenvalue weighted by molar-refractivity contribution is -0.134. The van der Waals surface area contributed by atoms with Gasteiger partial charge in [-0.05, 0) is 25.0 Å². The van der Waals surface area contributed by atoms with Gasteiger partial charge in [0, 0.05) is 19.5 Å². The number of hydrogen-bond donors (Lipinski definition) is 2. The molecule has 8 heteroatoms. The molecule has 1 aromatic carbocycles. The Balaban J connectivity index is 2.71. The zero-order chi connectivity index (χ0) is 15.9. The van der Waals surface area contributed by atoms with Crippen LogP contribution in [0.2, 0.25) is 0 Å². The monoisotopic (exact) mass is 324 g/mol. The molecule has 0 radical (unpaired) electrons. The van der Waals surface area contributed by atoms with Crippen LogP contribution >= 0.6 is 0 Å². The Hall–Kier alpha value is -1.28. The normalized spacial score (nSPS) is 12.4. The Morgan fingerprint density at radius 1 is 1.14 bits per heavy atom. The third-order valence-corrected chi connectivity index (χ3v) is 4.19. The molecule has 0 atom stereocenters. The molecule has 0 saturated carbocycles. The molecule has 0 amide bonds. The summed E-state index contributed by atoms with van der Waals surface area (Å²) in [4.78, 5) is 0.0467. The van der Waals surface area contributed by atoms with Gasteiger partial charge in [0.1, 0.15) is 4.90 Å². The van der Waals surface area contributed by atoms with Crippen molar-refractivity contribution in [2.75, 3.05) is 18.4 Å². The quantitative estimate of drug-likeness (QED) is 0.722. The molecular weight excluding hydrogens is 305 g/mol. The number of benzene rings is 1. The van der Waals surface area contributed by atoms with Crippen molar-refractivity contribution in [1.29, 1.82) is 0 Å². The molecule has 0 unspecified atom stereocenters. The second-order valence-electron chi connectivity index (χ2n) is 4.54. The van der Waals surface area contributed by atoms with Crippen LogP contribution in [-0.2, 0) is 10.0 Å². The fourth-order valence-electron chi connectivity index (χ4n) is 1.67. The molecule has 0 fully saturated rings. The summed E-state index contributed by atoms with van der Waals surface area (Å²) in [5, 5.41) is 2.75. The number of hydrogen-bond acceptors (Lipinski definition) is 3. The predicted octanol–water partition coefficient (Wildman–Crippen LogP) is 3.13. The Morgan fingerprint density at radius 3 is 2.43 bits per heavy atom. The minimum atomic E-state index is -4.20. The molecule has 0 aliphatic heterocycles. The summed E-state index contributed by atoms with van der Waals surface area (Å²) in [5.74, 6) is 0. The minimum Gasteiger partial charge on any atom is -0.384 e. The van der Waals surface area contributed by atoms with Crippen molar-refractivity contribution < 1.29 is 21.6 Å². The molecule has 21 heavy (non-hydrogen) atoms. The summed E-state index contributed by atoms with van der Waals surface area (Å²) < 4.78 is 62.7. The van der Waals surface area contributed by atoms with Crippen LogP contribution < -0.4 is 10.0 Å². The molecule has 120 valence electrons. The first-order valence-electron chi connectivity index (χ1n) is 6.65.